The maximum Gasteiger partial charge on any atom is 0.231 e. The molecule has 1 amide bonds. The van der Waals surface area contributed by atoms with E-state index in [1.807, 2.05) is 34.0 Å². The maximum absolute atomic E-state index is 12.6. The summed E-state index contributed by atoms with van der Waals surface area (Å²) in [5, 5.41) is 8.12. The number of likely N-dealkylation sites (tertiary alicyclic amines) is 1. The van der Waals surface area contributed by atoms with E-state index in [-0.39, 0.29) is 12.7 Å². The van der Waals surface area contributed by atoms with Gasteiger partial charge in [-0.3, -0.25) is 9.48 Å². The maximum atomic E-state index is 12.6. The van der Waals surface area contributed by atoms with Crippen molar-refractivity contribution in [2.24, 2.45) is 11.7 Å². The molecule has 2 aromatic rings. The topological polar surface area (TPSA) is 95.5 Å². The zero-order valence-corrected chi connectivity index (χ0v) is 14.6. The summed E-state index contributed by atoms with van der Waals surface area (Å²) in [6.45, 7) is 3.06. The number of nitrogens with two attached hydrogens (primary N) is 1. The van der Waals surface area contributed by atoms with Crippen LogP contribution >= 0.6 is 0 Å². The van der Waals surface area contributed by atoms with Crippen molar-refractivity contribution in [3.05, 3.63) is 35.7 Å². The van der Waals surface area contributed by atoms with Crippen LogP contribution in [0, 0.1) is 5.92 Å². The summed E-state index contributed by atoms with van der Waals surface area (Å²) in [6, 6.07) is 5.69. The largest absolute Gasteiger partial charge is 0.454 e. The normalized spacial score (nSPS) is 16.9. The van der Waals surface area contributed by atoms with E-state index in [1.165, 1.54) is 0 Å². The minimum absolute atomic E-state index is 0.161. The Bertz CT molecular complexity index is 783. The van der Waals surface area contributed by atoms with E-state index in [0.29, 0.717) is 18.9 Å². The average Bonchev–Trinajstić information content (AvgIpc) is 3.31. The van der Waals surface area contributed by atoms with Crippen LogP contribution in [-0.2, 0) is 24.3 Å². The van der Waals surface area contributed by atoms with Gasteiger partial charge in [0, 0.05) is 32.4 Å². The molecule has 26 heavy (non-hydrogen) atoms. The number of hydrogen-bond donors (Lipinski definition) is 1. The van der Waals surface area contributed by atoms with Gasteiger partial charge in [-0.1, -0.05) is 11.3 Å². The molecule has 8 heteroatoms. The zero-order valence-electron chi connectivity index (χ0n) is 14.6. The van der Waals surface area contributed by atoms with Crippen LogP contribution in [0.2, 0.25) is 0 Å². The van der Waals surface area contributed by atoms with Gasteiger partial charge in [-0.15, -0.1) is 5.10 Å². The lowest BCUT2D eigenvalue weighted by Gasteiger charge is -2.32. The van der Waals surface area contributed by atoms with Crippen LogP contribution in [0.4, 0.5) is 0 Å². The van der Waals surface area contributed by atoms with Gasteiger partial charge >= 0.3 is 0 Å². The molecule has 1 aromatic heterocycles. The standard InChI is InChI=1S/C18H23N5O3/c19-9-15-11-23(21-20-15)10-13-3-5-22(6-4-13)18(24)8-14-1-2-16-17(7-14)26-12-25-16/h1-2,7,11,13H,3-6,8-10,12,19H2. The molecule has 0 radical (unpaired) electrons. The van der Waals surface area contributed by atoms with Crippen LogP contribution in [0.1, 0.15) is 24.1 Å². The summed E-state index contributed by atoms with van der Waals surface area (Å²) in [7, 11) is 0. The monoisotopic (exact) mass is 357 g/mol. The van der Waals surface area contributed by atoms with E-state index < -0.39 is 0 Å². The number of benzene rings is 1. The summed E-state index contributed by atoms with van der Waals surface area (Å²) >= 11 is 0. The fourth-order valence-corrected chi connectivity index (χ4v) is 3.49. The van der Waals surface area contributed by atoms with Gasteiger partial charge in [-0.2, -0.15) is 0 Å². The Hall–Kier alpha value is -2.61. The molecule has 0 spiro atoms. The number of fused-ring (bicyclic) bond motifs is 1. The summed E-state index contributed by atoms with van der Waals surface area (Å²) < 4.78 is 12.5. The van der Waals surface area contributed by atoms with Crippen molar-refractivity contribution in [1.29, 1.82) is 0 Å². The van der Waals surface area contributed by atoms with Crippen molar-refractivity contribution < 1.29 is 14.3 Å². The van der Waals surface area contributed by atoms with Crippen molar-refractivity contribution in [3.63, 3.8) is 0 Å². The predicted molar refractivity (Wildman–Crippen MR) is 93.5 cm³/mol. The highest BCUT2D eigenvalue weighted by atomic mass is 16.7. The quantitative estimate of drug-likeness (QED) is 0.856. The Balaban J connectivity index is 1.28. The summed E-state index contributed by atoms with van der Waals surface area (Å²) in [5.41, 5.74) is 7.33. The average molecular weight is 357 g/mol. The van der Waals surface area contributed by atoms with Gasteiger partial charge in [0.05, 0.1) is 12.1 Å². The molecule has 0 unspecified atom stereocenters. The number of aromatic nitrogens is 3. The summed E-state index contributed by atoms with van der Waals surface area (Å²) in [5.74, 6) is 2.14. The van der Waals surface area contributed by atoms with E-state index in [4.69, 9.17) is 15.2 Å². The Morgan fingerprint density at radius 3 is 2.81 bits per heavy atom. The molecule has 0 bridgehead atoms. The van der Waals surface area contributed by atoms with Crippen LogP contribution in [0.15, 0.2) is 24.4 Å². The van der Waals surface area contributed by atoms with Crippen molar-refractivity contribution in [2.75, 3.05) is 19.9 Å². The first-order valence-corrected chi connectivity index (χ1v) is 8.96. The molecule has 3 heterocycles. The highest BCUT2D eigenvalue weighted by Crippen LogP contribution is 2.32. The van der Waals surface area contributed by atoms with E-state index in [2.05, 4.69) is 10.3 Å². The first kappa shape index (κ1) is 16.8. The first-order valence-electron chi connectivity index (χ1n) is 8.96. The third-order valence-corrected chi connectivity index (χ3v) is 5.00. The lowest BCUT2D eigenvalue weighted by molar-refractivity contribution is -0.131. The number of amides is 1. The Kier molecular flexibility index (Phi) is 4.75. The minimum Gasteiger partial charge on any atom is -0.454 e. The van der Waals surface area contributed by atoms with Crippen molar-refractivity contribution in [2.45, 2.75) is 32.4 Å². The van der Waals surface area contributed by atoms with Gasteiger partial charge in [0.25, 0.3) is 0 Å². The molecule has 2 aliphatic heterocycles. The smallest absolute Gasteiger partial charge is 0.231 e. The third kappa shape index (κ3) is 3.65. The Labute approximate surface area is 151 Å². The Morgan fingerprint density at radius 1 is 1.23 bits per heavy atom. The van der Waals surface area contributed by atoms with Crippen LogP contribution < -0.4 is 15.2 Å². The van der Waals surface area contributed by atoms with E-state index in [0.717, 1.165) is 55.2 Å². The predicted octanol–water partition coefficient (Wildman–Crippen LogP) is 0.947. The fourth-order valence-electron chi connectivity index (χ4n) is 3.49. The minimum atomic E-state index is 0.161. The second-order valence-electron chi connectivity index (χ2n) is 6.82. The van der Waals surface area contributed by atoms with Gasteiger partial charge in [0.2, 0.25) is 12.7 Å². The number of nitrogens with zero attached hydrogens (tertiary/aromatic N) is 4. The molecule has 2 N–H and O–H groups in total. The lowest BCUT2D eigenvalue weighted by Crippen LogP contribution is -2.40. The molecular weight excluding hydrogens is 334 g/mol. The number of hydrogen-bond acceptors (Lipinski definition) is 6. The SMILES string of the molecule is NCc1cn(CC2CCN(C(=O)Cc3ccc4c(c3)OCO4)CC2)nn1. The highest BCUT2D eigenvalue weighted by molar-refractivity contribution is 5.79. The van der Waals surface area contributed by atoms with Gasteiger partial charge in [-0.05, 0) is 36.5 Å². The van der Waals surface area contributed by atoms with Gasteiger partial charge in [-0.25, -0.2) is 0 Å². The second-order valence-corrected chi connectivity index (χ2v) is 6.82. The zero-order chi connectivity index (χ0) is 17.9. The molecule has 0 aliphatic carbocycles. The molecule has 0 atom stereocenters. The molecule has 8 nitrogen and oxygen atoms in total. The van der Waals surface area contributed by atoms with Crippen molar-refractivity contribution >= 4 is 5.91 Å². The van der Waals surface area contributed by atoms with E-state index in [9.17, 15) is 4.79 Å². The van der Waals surface area contributed by atoms with Crippen molar-refractivity contribution in [3.8, 4) is 11.5 Å². The number of ether oxygens (including phenoxy) is 2. The van der Waals surface area contributed by atoms with Gasteiger partial charge in [0.1, 0.15) is 0 Å². The van der Waals surface area contributed by atoms with Crippen molar-refractivity contribution in [1.82, 2.24) is 19.9 Å². The third-order valence-electron chi connectivity index (χ3n) is 5.00. The van der Waals surface area contributed by atoms with Gasteiger partial charge < -0.3 is 20.1 Å². The van der Waals surface area contributed by atoms with Crippen LogP contribution in [0.3, 0.4) is 0 Å². The van der Waals surface area contributed by atoms with E-state index >= 15 is 0 Å². The van der Waals surface area contributed by atoms with E-state index in [1.54, 1.807) is 0 Å². The number of rotatable bonds is 5. The summed E-state index contributed by atoms with van der Waals surface area (Å²) in [4.78, 5) is 14.5. The van der Waals surface area contributed by atoms with Crippen LogP contribution in [-0.4, -0.2) is 45.7 Å². The molecule has 1 aromatic carbocycles. The Morgan fingerprint density at radius 2 is 2.04 bits per heavy atom. The number of piperidine rings is 1. The number of carbonyl (C=O) groups is 1. The number of carbonyl (C=O) groups excluding carboxylic acids is 1. The molecular formula is C18H23N5O3. The first-order chi connectivity index (χ1) is 12.7. The molecule has 4 rings (SSSR count). The van der Waals surface area contributed by atoms with Crippen LogP contribution in [0.5, 0.6) is 11.5 Å². The molecule has 2 aliphatic rings. The highest BCUT2D eigenvalue weighted by Gasteiger charge is 2.24. The fraction of sp³-hybridized carbons (Fsp3) is 0.500. The van der Waals surface area contributed by atoms with Gasteiger partial charge in [0.15, 0.2) is 11.5 Å². The second kappa shape index (κ2) is 7.33. The molecule has 1 saturated heterocycles. The lowest BCUT2D eigenvalue weighted by atomic mass is 9.96. The molecule has 0 saturated carbocycles. The molecule has 138 valence electrons. The summed E-state index contributed by atoms with van der Waals surface area (Å²) in [6.07, 6.45) is 4.25. The van der Waals surface area contributed by atoms with Crippen LogP contribution in [0.25, 0.3) is 0 Å². The molecule has 1 fully saturated rings.